The standard InChI is InChI=1S/C22H16FN3O/c1-14-9-17(23)7-8-18(14)16-10-21-20(25-12-16)11-22(27)26(21)13-15-5-3-4-6-19(15)24-2/h3-10,12H,11,13H2,1H3. The third-order valence-electron chi connectivity index (χ3n) is 4.80. The van der Waals surface area contributed by atoms with Gasteiger partial charge in [0, 0.05) is 18.3 Å². The van der Waals surface area contributed by atoms with Crippen molar-refractivity contribution in [3.8, 4) is 11.1 Å². The molecule has 0 saturated carbocycles. The fraction of sp³-hybridized carbons (Fsp3) is 0.136. The number of nitrogens with zero attached hydrogens (tertiary/aromatic N) is 3. The van der Waals surface area contributed by atoms with Crippen LogP contribution in [0.1, 0.15) is 16.8 Å². The molecule has 0 bridgehead atoms. The number of pyridine rings is 1. The van der Waals surface area contributed by atoms with Crippen molar-refractivity contribution in [3.05, 3.63) is 88.8 Å². The predicted octanol–water partition coefficient (Wildman–Crippen LogP) is 4.84. The Balaban J connectivity index is 1.74. The number of amides is 1. The topological polar surface area (TPSA) is 37.6 Å². The van der Waals surface area contributed by atoms with Crippen LogP contribution >= 0.6 is 0 Å². The minimum atomic E-state index is -0.280. The van der Waals surface area contributed by atoms with E-state index in [9.17, 15) is 9.18 Å². The van der Waals surface area contributed by atoms with Crippen LogP contribution in [0.4, 0.5) is 15.8 Å². The molecule has 0 aliphatic carbocycles. The van der Waals surface area contributed by atoms with Crippen molar-refractivity contribution < 1.29 is 9.18 Å². The van der Waals surface area contributed by atoms with E-state index in [1.54, 1.807) is 23.2 Å². The van der Waals surface area contributed by atoms with Crippen LogP contribution in [0.3, 0.4) is 0 Å². The van der Waals surface area contributed by atoms with Crippen molar-refractivity contribution in [1.29, 1.82) is 0 Å². The van der Waals surface area contributed by atoms with Crippen LogP contribution in [0.2, 0.25) is 0 Å². The maximum atomic E-state index is 13.4. The van der Waals surface area contributed by atoms with E-state index in [4.69, 9.17) is 6.57 Å². The molecule has 0 atom stereocenters. The average Bonchev–Trinajstić information content (AvgIpc) is 2.97. The van der Waals surface area contributed by atoms with E-state index in [0.717, 1.165) is 33.6 Å². The Morgan fingerprint density at radius 1 is 1.22 bits per heavy atom. The van der Waals surface area contributed by atoms with Crippen LogP contribution in [-0.4, -0.2) is 10.9 Å². The zero-order valence-corrected chi connectivity index (χ0v) is 14.7. The minimum absolute atomic E-state index is 0.0368. The summed E-state index contributed by atoms with van der Waals surface area (Å²) in [5.41, 5.74) is 5.35. The van der Waals surface area contributed by atoms with E-state index in [2.05, 4.69) is 9.83 Å². The zero-order chi connectivity index (χ0) is 19.0. The lowest BCUT2D eigenvalue weighted by atomic mass is 10.0. The molecular weight excluding hydrogens is 341 g/mol. The molecule has 2 aromatic carbocycles. The Hall–Kier alpha value is -3.52. The van der Waals surface area contributed by atoms with E-state index in [0.29, 0.717) is 12.2 Å². The summed E-state index contributed by atoms with van der Waals surface area (Å²) in [5.74, 6) is -0.316. The summed E-state index contributed by atoms with van der Waals surface area (Å²) in [6.07, 6.45) is 1.97. The summed E-state index contributed by atoms with van der Waals surface area (Å²) in [4.78, 5) is 22.2. The smallest absolute Gasteiger partial charge is 0.233 e. The molecule has 0 unspecified atom stereocenters. The molecule has 1 aliphatic heterocycles. The first kappa shape index (κ1) is 16.9. The maximum absolute atomic E-state index is 13.4. The number of anilines is 1. The van der Waals surface area contributed by atoms with E-state index in [-0.39, 0.29) is 18.1 Å². The molecule has 27 heavy (non-hydrogen) atoms. The summed E-state index contributed by atoms with van der Waals surface area (Å²) in [5, 5.41) is 0. The van der Waals surface area contributed by atoms with Crippen molar-refractivity contribution in [2.45, 2.75) is 19.9 Å². The minimum Gasteiger partial charge on any atom is -0.307 e. The predicted molar refractivity (Wildman–Crippen MR) is 102 cm³/mol. The molecule has 2 heterocycles. The Bertz CT molecular complexity index is 1100. The monoisotopic (exact) mass is 357 g/mol. The number of fused-ring (bicyclic) bond motifs is 1. The van der Waals surface area contributed by atoms with Gasteiger partial charge in [-0.2, -0.15) is 0 Å². The first-order valence-electron chi connectivity index (χ1n) is 8.58. The van der Waals surface area contributed by atoms with Crippen LogP contribution in [0, 0.1) is 19.3 Å². The molecule has 0 spiro atoms. The van der Waals surface area contributed by atoms with Gasteiger partial charge in [0.1, 0.15) is 5.82 Å². The lowest BCUT2D eigenvalue weighted by molar-refractivity contribution is -0.117. The van der Waals surface area contributed by atoms with Crippen LogP contribution < -0.4 is 4.90 Å². The summed E-state index contributed by atoms with van der Waals surface area (Å²) in [6, 6.07) is 13.8. The van der Waals surface area contributed by atoms with E-state index >= 15 is 0 Å². The molecular formula is C22H16FN3O. The third-order valence-corrected chi connectivity index (χ3v) is 4.80. The average molecular weight is 357 g/mol. The molecule has 1 aromatic heterocycles. The van der Waals surface area contributed by atoms with Gasteiger partial charge >= 0.3 is 0 Å². The number of aromatic nitrogens is 1. The Morgan fingerprint density at radius 2 is 2.04 bits per heavy atom. The van der Waals surface area contributed by atoms with Gasteiger partial charge in [-0.05, 0) is 41.8 Å². The SMILES string of the molecule is [C-]#[N+]c1ccccc1CN1C(=O)Cc2ncc(-c3ccc(F)cc3C)cc21. The third kappa shape index (κ3) is 3.06. The number of halogens is 1. The maximum Gasteiger partial charge on any atom is 0.233 e. The number of para-hydroxylation sites is 1. The highest BCUT2D eigenvalue weighted by molar-refractivity contribution is 6.01. The molecule has 0 N–H and O–H groups in total. The van der Waals surface area contributed by atoms with E-state index < -0.39 is 0 Å². The molecule has 0 radical (unpaired) electrons. The Labute approximate surface area is 156 Å². The Kier molecular flexibility index (Phi) is 4.17. The summed E-state index contributed by atoms with van der Waals surface area (Å²) < 4.78 is 13.4. The molecule has 5 heteroatoms. The van der Waals surface area contributed by atoms with Crippen molar-refractivity contribution in [3.63, 3.8) is 0 Å². The van der Waals surface area contributed by atoms with Gasteiger partial charge in [-0.15, -0.1) is 0 Å². The molecule has 4 rings (SSSR count). The number of hydrogen-bond acceptors (Lipinski definition) is 2. The fourth-order valence-corrected chi connectivity index (χ4v) is 3.42. The van der Waals surface area contributed by atoms with Crippen molar-refractivity contribution >= 4 is 17.3 Å². The van der Waals surface area contributed by atoms with Crippen molar-refractivity contribution in [1.82, 2.24) is 4.98 Å². The van der Waals surface area contributed by atoms with Gasteiger partial charge in [0.25, 0.3) is 0 Å². The molecule has 1 amide bonds. The lowest BCUT2D eigenvalue weighted by Gasteiger charge is -2.19. The highest BCUT2D eigenvalue weighted by atomic mass is 19.1. The van der Waals surface area contributed by atoms with Gasteiger partial charge in [-0.25, -0.2) is 9.24 Å². The molecule has 3 aromatic rings. The Morgan fingerprint density at radius 3 is 2.81 bits per heavy atom. The zero-order valence-electron chi connectivity index (χ0n) is 14.7. The molecule has 0 saturated heterocycles. The summed E-state index contributed by atoms with van der Waals surface area (Å²) in [6.45, 7) is 9.50. The number of hydrogen-bond donors (Lipinski definition) is 0. The summed E-state index contributed by atoms with van der Waals surface area (Å²) >= 11 is 0. The number of rotatable bonds is 3. The van der Waals surface area contributed by atoms with Crippen LogP contribution in [-0.2, 0) is 17.8 Å². The number of benzene rings is 2. The quantitative estimate of drug-likeness (QED) is 0.629. The molecule has 0 fully saturated rings. The second-order valence-corrected chi connectivity index (χ2v) is 6.55. The van der Waals surface area contributed by atoms with Gasteiger partial charge < -0.3 is 4.90 Å². The largest absolute Gasteiger partial charge is 0.307 e. The van der Waals surface area contributed by atoms with Crippen LogP contribution in [0.25, 0.3) is 16.0 Å². The van der Waals surface area contributed by atoms with Crippen LogP contribution in [0.15, 0.2) is 54.7 Å². The highest BCUT2D eigenvalue weighted by Crippen LogP contribution is 2.35. The van der Waals surface area contributed by atoms with Gasteiger partial charge in [0.05, 0.1) is 24.4 Å². The summed E-state index contributed by atoms with van der Waals surface area (Å²) in [7, 11) is 0. The van der Waals surface area contributed by atoms with Gasteiger partial charge in [-0.1, -0.05) is 30.3 Å². The highest BCUT2D eigenvalue weighted by Gasteiger charge is 2.29. The first-order chi connectivity index (χ1) is 13.1. The number of carbonyl (C=O) groups is 1. The number of aryl methyl sites for hydroxylation is 1. The second kappa shape index (κ2) is 6.65. The lowest BCUT2D eigenvalue weighted by Crippen LogP contribution is -2.26. The molecule has 1 aliphatic rings. The molecule has 132 valence electrons. The van der Waals surface area contributed by atoms with E-state index in [1.807, 2.05) is 31.2 Å². The van der Waals surface area contributed by atoms with E-state index in [1.165, 1.54) is 12.1 Å². The van der Waals surface area contributed by atoms with Gasteiger partial charge in [-0.3, -0.25) is 9.78 Å². The fourth-order valence-electron chi connectivity index (χ4n) is 3.42. The van der Waals surface area contributed by atoms with Crippen LogP contribution in [0.5, 0.6) is 0 Å². The second-order valence-electron chi connectivity index (χ2n) is 6.55. The van der Waals surface area contributed by atoms with Gasteiger partial charge in [0.2, 0.25) is 5.91 Å². The normalized spacial score (nSPS) is 12.8. The number of carbonyl (C=O) groups excluding carboxylic acids is 1. The molecule has 4 nitrogen and oxygen atoms in total. The van der Waals surface area contributed by atoms with Gasteiger partial charge in [0.15, 0.2) is 5.69 Å². The first-order valence-corrected chi connectivity index (χ1v) is 8.58. The van der Waals surface area contributed by atoms with Crippen molar-refractivity contribution in [2.75, 3.05) is 4.90 Å². The van der Waals surface area contributed by atoms with Crippen molar-refractivity contribution in [2.24, 2.45) is 0 Å².